The van der Waals surface area contributed by atoms with E-state index in [0.29, 0.717) is 11.4 Å². The van der Waals surface area contributed by atoms with Crippen LogP contribution in [-0.2, 0) is 0 Å². The third-order valence-electron chi connectivity index (χ3n) is 2.26. The molecule has 4 nitrogen and oxygen atoms in total. The van der Waals surface area contributed by atoms with Gasteiger partial charge in [0, 0.05) is 5.69 Å². The lowest BCUT2D eigenvalue weighted by atomic mass is 9.98. The van der Waals surface area contributed by atoms with Gasteiger partial charge >= 0.3 is 5.97 Å². The molecule has 0 saturated carbocycles. The Labute approximate surface area is 88.7 Å². The zero-order chi connectivity index (χ0) is 11.6. The number of hydrogen-bond acceptors (Lipinski definition) is 3. The number of nitrogen functional groups attached to an aromatic ring is 1. The third-order valence-corrected chi connectivity index (χ3v) is 2.26. The van der Waals surface area contributed by atoms with Crippen LogP contribution in [0.5, 0.6) is 5.75 Å². The van der Waals surface area contributed by atoms with Gasteiger partial charge in [0.05, 0.1) is 7.11 Å². The minimum atomic E-state index is -1.03. The lowest BCUT2D eigenvalue weighted by Crippen LogP contribution is -2.05. The van der Waals surface area contributed by atoms with Crippen molar-refractivity contribution in [2.75, 3.05) is 12.8 Å². The molecule has 3 N–H and O–H groups in total. The average molecular weight is 209 g/mol. The van der Waals surface area contributed by atoms with Gasteiger partial charge in [-0.05, 0) is 23.6 Å². The van der Waals surface area contributed by atoms with Crippen LogP contribution >= 0.6 is 0 Å². The molecule has 15 heavy (non-hydrogen) atoms. The Morgan fingerprint density at radius 2 is 2.07 bits per heavy atom. The molecule has 0 aliphatic heterocycles. The van der Waals surface area contributed by atoms with Gasteiger partial charge in [0.15, 0.2) is 0 Å². The van der Waals surface area contributed by atoms with Crippen molar-refractivity contribution in [2.45, 2.75) is 19.8 Å². The molecule has 0 spiro atoms. The van der Waals surface area contributed by atoms with Gasteiger partial charge in [0.2, 0.25) is 0 Å². The van der Waals surface area contributed by atoms with E-state index in [4.69, 9.17) is 15.6 Å². The number of rotatable bonds is 3. The van der Waals surface area contributed by atoms with Crippen LogP contribution in [-0.4, -0.2) is 18.2 Å². The van der Waals surface area contributed by atoms with Crippen LogP contribution in [0.15, 0.2) is 12.1 Å². The normalized spacial score (nSPS) is 10.4. The van der Waals surface area contributed by atoms with Crippen molar-refractivity contribution in [2.24, 2.45) is 0 Å². The fraction of sp³-hybridized carbons (Fsp3) is 0.364. The molecule has 0 radical (unpaired) electrons. The molecule has 0 unspecified atom stereocenters. The summed E-state index contributed by atoms with van der Waals surface area (Å²) in [7, 11) is 1.45. The quantitative estimate of drug-likeness (QED) is 0.748. The number of benzene rings is 1. The van der Waals surface area contributed by atoms with Gasteiger partial charge in [-0.1, -0.05) is 13.8 Å². The summed E-state index contributed by atoms with van der Waals surface area (Å²) in [4.78, 5) is 10.9. The highest BCUT2D eigenvalue weighted by molar-refractivity contribution is 5.92. The number of carboxylic acids is 1. The van der Waals surface area contributed by atoms with E-state index in [1.165, 1.54) is 13.2 Å². The van der Waals surface area contributed by atoms with Crippen LogP contribution < -0.4 is 10.5 Å². The number of carbonyl (C=O) groups is 1. The Morgan fingerprint density at radius 1 is 1.47 bits per heavy atom. The van der Waals surface area contributed by atoms with E-state index in [1.807, 2.05) is 13.8 Å². The molecule has 1 rings (SSSR count). The standard InChI is InChI=1S/C11H15NO3/c1-6(2)7-5-10(15-3)8(11(13)14)4-9(7)12/h4-6H,12H2,1-3H3,(H,13,14). The van der Waals surface area contributed by atoms with Crippen molar-refractivity contribution in [3.63, 3.8) is 0 Å². The largest absolute Gasteiger partial charge is 0.496 e. The molecule has 82 valence electrons. The Hall–Kier alpha value is -1.71. The summed E-state index contributed by atoms with van der Waals surface area (Å²) in [5, 5.41) is 8.92. The lowest BCUT2D eigenvalue weighted by Gasteiger charge is -2.13. The van der Waals surface area contributed by atoms with Crippen molar-refractivity contribution >= 4 is 11.7 Å². The average Bonchev–Trinajstić information content (AvgIpc) is 2.16. The van der Waals surface area contributed by atoms with E-state index in [2.05, 4.69) is 0 Å². The van der Waals surface area contributed by atoms with E-state index >= 15 is 0 Å². The molecule has 0 bridgehead atoms. The van der Waals surface area contributed by atoms with E-state index in [0.717, 1.165) is 5.56 Å². The first-order valence-corrected chi connectivity index (χ1v) is 4.68. The number of aromatic carboxylic acids is 1. The summed E-state index contributed by atoms with van der Waals surface area (Å²) in [6.45, 7) is 3.98. The molecule has 0 aromatic heterocycles. The fourth-order valence-electron chi connectivity index (χ4n) is 1.45. The molecule has 0 aliphatic carbocycles. The summed E-state index contributed by atoms with van der Waals surface area (Å²) < 4.78 is 5.02. The zero-order valence-electron chi connectivity index (χ0n) is 9.07. The maximum absolute atomic E-state index is 10.9. The van der Waals surface area contributed by atoms with Crippen molar-refractivity contribution in [3.8, 4) is 5.75 Å². The van der Waals surface area contributed by atoms with Crippen LogP contribution in [0.3, 0.4) is 0 Å². The van der Waals surface area contributed by atoms with Gasteiger partial charge in [-0.25, -0.2) is 4.79 Å². The van der Waals surface area contributed by atoms with Gasteiger partial charge in [0.1, 0.15) is 11.3 Å². The van der Waals surface area contributed by atoms with Gasteiger partial charge < -0.3 is 15.6 Å². The molecule has 0 atom stereocenters. The van der Waals surface area contributed by atoms with E-state index in [-0.39, 0.29) is 11.5 Å². The first-order valence-electron chi connectivity index (χ1n) is 4.68. The number of anilines is 1. The molecule has 0 heterocycles. The SMILES string of the molecule is COc1cc(C(C)C)c(N)cc1C(=O)O. The second kappa shape index (κ2) is 4.21. The minimum absolute atomic E-state index is 0.0967. The lowest BCUT2D eigenvalue weighted by molar-refractivity contribution is 0.0693. The zero-order valence-corrected chi connectivity index (χ0v) is 9.07. The topological polar surface area (TPSA) is 72.5 Å². The first-order chi connectivity index (χ1) is 6.97. The van der Waals surface area contributed by atoms with Crippen LogP contribution in [0.2, 0.25) is 0 Å². The molecule has 0 fully saturated rings. The van der Waals surface area contributed by atoms with Crippen molar-refractivity contribution in [1.29, 1.82) is 0 Å². The number of methoxy groups -OCH3 is 1. The van der Waals surface area contributed by atoms with Gasteiger partial charge in [-0.2, -0.15) is 0 Å². The molecule has 0 amide bonds. The van der Waals surface area contributed by atoms with Crippen molar-refractivity contribution in [3.05, 3.63) is 23.3 Å². The molecule has 4 heteroatoms. The van der Waals surface area contributed by atoms with E-state index < -0.39 is 5.97 Å². The maximum atomic E-state index is 10.9. The highest BCUT2D eigenvalue weighted by atomic mass is 16.5. The monoisotopic (exact) mass is 209 g/mol. The van der Waals surface area contributed by atoms with E-state index in [9.17, 15) is 4.79 Å². The van der Waals surface area contributed by atoms with E-state index in [1.54, 1.807) is 6.07 Å². The predicted molar refractivity (Wildman–Crippen MR) is 58.5 cm³/mol. The first kappa shape index (κ1) is 11.4. The Balaban J connectivity index is 3.35. The molecule has 0 saturated heterocycles. The van der Waals surface area contributed by atoms with Crippen LogP contribution in [0.25, 0.3) is 0 Å². The van der Waals surface area contributed by atoms with Crippen LogP contribution in [0.4, 0.5) is 5.69 Å². The number of carboxylic acid groups (broad SMARTS) is 1. The van der Waals surface area contributed by atoms with Crippen molar-refractivity contribution in [1.82, 2.24) is 0 Å². The van der Waals surface area contributed by atoms with Gasteiger partial charge in [0.25, 0.3) is 0 Å². The van der Waals surface area contributed by atoms with Crippen LogP contribution in [0.1, 0.15) is 35.7 Å². The molecular formula is C11H15NO3. The molecule has 1 aromatic rings. The number of hydrogen-bond donors (Lipinski definition) is 2. The summed E-state index contributed by atoms with van der Waals surface area (Å²) in [6.07, 6.45) is 0. The molecular weight excluding hydrogens is 194 g/mol. The summed E-state index contributed by atoms with van der Waals surface area (Å²) >= 11 is 0. The molecule has 0 aliphatic rings. The Kier molecular flexibility index (Phi) is 3.19. The number of ether oxygens (including phenoxy) is 1. The second-order valence-corrected chi connectivity index (χ2v) is 3.64. The predicted octanol–water partition coefficient (Wildman–Crippen LogP) is 2.10. The third kappa shape index (κ3) is 2.21. The summed E-state index contributed by atoms with van der Waals surface area (Å²) in [5.41, 5.74) is 7.25. The summed E-state index contributed by atoms with van der Waals surface area (Å²) in [6, 6.07) is 3.12. The highest BCUT2D eigenvalue weighted by Gasteiger charge is 2.15. The Bertz CT molecular complexity index is 386. The van der Waals surface area contributed by atoms with Gasteiger partial charge in [-0.3, -0.25) is 0 Å². The highest BCUT2D eigenvalue weighted by Crippen LogP contribution is 2.30. The number of nitrogens with two attached hydrogens (primary N) is 1. The summed E-state index contributed by atoms with van der Waals surface area (Å²) in [5.74, 6) is -0.448. The van der Waals surface area contributed by atoms with Gasteiger partial charge in [-0.15, -0.1) is 0 Å². The fourth-order valence-corrected chi connectivity index (χ4v) is 1.45. The second-order valence-electron chi connectivity index (χ2n) is 3.64. The van der Waals surface area contributed by atoms with Crippen molar-refractivity contribution < 1.29 is 14.6 Å². The van der Waals surface area contributed by atoms with Crippen LogP contribution in [0, 0.1) is 0 Å². The Morgan fingerprint density at radius 3 is 2.47 bits per heavy atom. The maximum Gasteiger partial charge on any atom is 0.339 e. The smallest absolute Gasteiger partial charge is 0.339 e. The minimum Gasteiger partial charge on any atom is -0.496 e. The molecule has 1 aromatic carbocycles.